The average Bonchev–Trinajstić information content (AvgIpc) is 3.19. The second-order valence-corrected chi connectivity index (χ2v) is 6.86. The van der Waals surface area contributed by atoms with Crippen LogP contribution in [0.2, 0.25) is 0 Å². The normalized spacial score (nSPS) is 30.8. The van der Waals surface area contributed by atoms with Gasteiger partial charge in [-0.2, -0.15) is 0 Å². The van der Waals surface area contributed by atoms with Gasteiger partial charge in [-0.3, -0.25) is 0 Å². The van der Waals surface area contributed by atoms with Crippen LogP contribution in [0.3, 0.4) is 0 Å². The Labute approximate surface area is 123 Å². The van der Waals surface area contributed by atoms with Crippen molar-refractivity contribution in [2.24, 2.45) is 17.8 Å². The van der Waals surface area contributed by atoms with Crippen molar-refractivity contribution in [3.05, 3.63) is 0 Å². The van der Waals surface area contributed by atoms with Crippen molar-refractivity contribution in [2.75, 3.05) is 33.3 Å². The van der Waals surface area contributed by atoms with E-state index in [0.717, 1.165) is 44.3 Å². The Morgan fingerprint density at radius 1 is 1.30 bits per heavy atom. The van der Waals surface area contributed by atoms with Gasteiger partial charge in [-0.25, -0.2) is 4.79 Å². The quantitative estimate of drug-likeness (QED) is 0.756. The molecule has 0 amide bonds. The second kappa shape index (κ2) is 6.44. The van der Waals surface area contributed by atoms with Gasteiger partial charge >= 0.3 is 5.97 Å². The van der Waals surface area contributed by atoms with Gasteiger partial charge in [-0.05, 0) is 51.0 Å². The molecule has 0 aromatic rings. The minimum absolute atomic E-state index is 0.0594. The van der Waals surface area contributed by atoms with Gasteiger partial charge in [0.2, 0.25) is 0 Å². The van der Waals surface area contributed by atoms with Crippen LogP contribution in [0, 0.1) is 17.8 Å². The van der Waals surface area contributed by atoms with E-state index in [4.69, 9.17) is 4.74 Å². The lowest BCUT2D eigenvalue weighted by Gasteiger charge is -2.41. The summed E-state index contributed by atoms with van der Waals surface area (Å²) in [7, 11) is 1.91. The number of nitrogens with one attached hydrogen (secondary N) is 1. The van der Waals surface area contributed by atoms with Gasteiger partial charge in [0, 0.05) is 19.6 Å². The first-order valence-electron chi connectivity index (χ1n) is 8.10. The molecule has 116 valence electrons. The molecule has 0 spiro atoms. The molecular formula is C16H30N2O2. The molecule has 1 saturated heterocycles. The molecule has 4 heteroatoms. The fraction of sp³-hybridized carbons (Fsp3) is 0.938. The van der Waals surface area contributed by atoms with Gasteiger partial charge < -0.3 is 15.0 Å². The Hall–Kier alpha value is -0.610. The SMILES string of the molecule is CCOC(=O)C(CN1CC(C)CC(C)C1)(NC)C1CC1. The number of rotatable bonds is 6. The molecule has 1 N–H and O–H groups in total. The Morgan fingerprint density at radius 3 is 2.35 bits per heavy atom. The summed E-state index contributed by atoms with van der Waals surface area (Å²) in [5.74, 6) is 1.82. The number of hydrogen-bond donors (Lipinski definition) is 1. The molecule has 0 radical (unpaired) electrons. The Bertz CT molecular complexity index is 333. The summed E-state index contributed by atoms with van der Waals surface area (Å²) in [6, 6.07) is 0. The van der Waals surface area contributed by atoms with Crippen LogP contribution in [0.25, 0.3) is 0 Å². The predicted molar refractivity (Wildman–Crippen MR) is 80.5 cm³/mol. The molecule has 0 aromatic heterocycles. The molecule has 3 unspecified atom stereocenters. The number of carbonyl (C=O) groups excluding carboxylic acids is 1. The zero-order valence-corrected chi connectivity index (χ0v) is 13.4. The Morgan fingerprint density at radius 2 is 1.90 bits per heavy atom. The van der Waals surface area contributed by atoms with E-state index >= 15 is 0 Å². The molecule has 1 heterocycles. The molecule has 2 rings (SSSR count). The molecule has 3 atom stereocenters. The van der Waals surface area contributed by atoms with Gasteiger partial charge in [0.1, 0.15) is 5.54 Å². The average molecular weight is 282 g/mol. The number of piperidine rings is 1. The van der Waals surface area contributed by atoms with Crippen LogP contribution in [0.1, 0.15) is 40.0 Å². The van der Waals surface area contributed by atoms with Gasteiger partial charge in [-0.15, -0.1) is 0 Å². The molecule has 1 aliphatic heterocycles. The molecular weight excluding hydrogens is 252 g/mol. The smallest absolute Gasteiger partial charge is 0.327 e. The molecule has 2 fully saturated rings. The minimum Gasteiger partial charge on any atom is -0.465 e. The zero-order chi connectivity index (χ0) is 14.8. The third kappa shape index (κ3) is 3.34. The monoisotopic (exact) mass is 282 g/mol. The predicted octanol–water partition coefficient (Wildman–Crippen LogP) is 1.90. The Balaban J connectivity index is 2.09. The highest BCUT2D eigenvalue weighted by Gasteiger charge is 2.52. The number of esters is 1. The van der Waals surface area contributed by atoms with Gasteiger partial charge in [0.15, 0.2) is 0 Å². The highest BCUT2D eigenvalue weighted by atomic mass is 16.5. The summed E-state index contributed by atoms with van der Waals surface area (Å²) >= 11 is 0. The van der Waals surface area contributed by atoms with E-state index in [9.17, 15) is 4.79 Å². The molecule has 20 heavy (non-hydrogen) atoms. The summed E-state index contributed by atoms with van der Waals surface area (Å²) < 4.78 is 5.37. The van der Waals surface area contributed by atoms with Gasteiger partial charge in [-0.1, -0.05) is 13.8 Å². The summed E-state index contributed by atoms with van der Waals surface area (Å²) in [5.41, 5.74) is -0.493. The summed E-state index contributed by atoms with van der Waals surface area (Å²) in [5, 5.41) is 3.32. The highest BCUT2D eigenvalue weighted by Crippen LogP contribution is 2.41. The van der Waals surface area contributed by atoms with Crippen LogP contribution in [0.15, 0.2) is 0 Å². The lowest BCUT2D eigenvalue weighted by molar-refractivity contribution is -0.153. The van der Waals surface area contributed by atoms with Crippen LogP contribution in [0.4, 0.5) is 0 Å². The minimum atomic E-state index is -0.493. The fourth-order valence-corrected chi connectivity index (χ4v) is 3.86. The lowest BCUT2D eigenvalue weighted by atomic mass is 9.87. The van der Waals surface area contributed by atoms with Crippen LogP contribution in [-0.2, 0) is 9.53 Å². The standard InChI is InChI=1S/C16H30N2O2/c1-5-20-15(19)16(17-4,14-6-7-14)11-18-9-12(2)8-13(3)10-18/h12-14,17H,5-11H2,1-4H3. The second-order valence-electron chi connectivity index (χ2n) is 6.86. The van der Waals surface area contributed by atoms with Crippen molar-refractivity contribution in [3.8, 4) is 0 Å². The summed E-state index contributed by atoms with van der Waals surface area (Å²) in [6.07, 6.45) is 3.57. The maximum Gasteiger partial charge on any atom is 0.327 e. The summed E-state index contributed by atoms with van der Waals surface area (Å²) in [4.78, 5) is 15.0. The van der Waals surface area contributed by atoms with Crippen molar-refractivity contribution in [3.63, 3.8) is 0 Å². The molecule has 4 nitrogen and oxygen atoms in total. The van der Waals surface area contributed by atoms with Crippen molar-refractivity contribution >= 4 is 5.97 Å². The topological polar surface area (TPSA) is 41.6 Å². The van der Waals surface area contributed by atoms with E-state index in [0.29, 0.717) is 12.5 Å². The zero-order valence-electron chi connectivity index (χ0n) is 13.4. The molecule has 1 saturated carbocycles. The number of nitrogens with zero attached hydrogens (tertiary/aromatic N) is 1. The van der Waals surface area contributed by atoms with E-state index in [1.807, 2.05) is 14.0 Å². The maximum absolute atomic E-state index is 12.5. The maximum atomic E-state index is 12.5. The van der Waals surface area contributed by atoms with E-state index in [1.165, 1.54) is 6.42 Å². The van der Waals surface area contributed by atoms with E-state index in [-0.39, 0.29) is 5.97 Å². The first-order chi connectivity index (χ1) is 9.51. The number of carbonyl (C=O) groups is 1. The van der Waals surface area contributed by atoms with E-state index in [1.54, 1.807) is 0 Å². The van der Waals surface area contributed by atoms with Crippen molar-refractivity contribution < 1.29 is 9.53 Å². The van der Waals surface area contributed by atoms with Crippen LogP contribution in [-0.4, -0.2) is 49.7 Å². The van der Waals surface area contributed by atoms with Crippen LogP contribution in [0.5, 0.6) is 0 Å². The van der Waals surface area contributed by atoms with E-state index in [2.05, 4.69) is 24.1 Å². The largest absolute Gasteiger partial charge is 0.465 e. The number of hydrogen-bond acceptors (Lipinski definition) is 4. The molecule has 1 aliphatic carbocycles. The lowest BCUT2D eigenvalue weighted by Crippen LogP contribution is -2.61. The number of ether oxygens (including phenoxy) is 1. The van der Waals surface area contributed by atoms with E-state index < -0.39 is 5.54 Å². The first-order valence-corrected chi connectivity index (χ1v) is 8.10. The first kappa shape index (κ1) is 15.8. The van der Waals surface area contributed by atoms with Gasteiger partial charge in [0.05, 0.1) is 6.61 Å². The third-order valence-corrected chi connectivity index (χ3v) is 4.78. The van der Waals surface area contributed by atoms with Gasteiger partial charge in [0.25, 0.3) is 0 Å². The fourth-order valence-electron chi connectivity index (χ4n) is 3.86. The number of likely N-dealkylation sites (tertiary alicyclic amines) is 1. The van der Waals surface area contributed by atoms with Crippen LogP contribution >= 0.6 is 0 Å². The summed E-state index contributed by atoms with van der Waals surface area (Å²) in [6.45, 7) is 9.95. The Kier molecular flexibility index (Phi) is 5.08. The van der Waals surface area contributed by atoms with Crippen molar-refractivity contribution in [1.29, 1.82) is 0 Å². The van der Waals surface area contributed by atoms with Crippen LogP contribution < -0.4 is 5.32 Å². The molecule has 0 aromatic carbocycles. The highest BCUT2D eigenvalue weighted by molar-refractivity contribution is 5.82. The third-order valence-electron chi connectivity index (χ3n) is 4.78. The molecule has 0 bridgehead atoms. The molecule has 2 aliphatic rings. The van der Waals surface area contributed by atoms with Crippen molar-refractivity contribution in [1.82, 2.24) is 10.2 Å². The number of likely N-dealkylation sites (N-methyl/N-ethyl adjacent to an activating group) is 1. The van der Waals surface area contributed by atoms with Crippen molar-refractivity contribution in [2.45, 2.75) is 45.6 Å².